The second kappa shape index (κ2) is 8.37. The molecule has 1 saturated heterocycles. The van der Waals surface area contributed by atoms with Gasteiger partial charge < -0.3 is 4.42 Å². The van der Waals surface area contributed by atoms with Crippen LogP contribution in [-0.2, 0) is 15.8 Å². The number of thiocarbonyl (C=S) groups is 1. The number of nitrogens with one attached hydrogen (secondary N) is 1. The van der Waals surface area contributed by atoms with E-state index < -0.39 is 23.6 Å². The fourth-order valence-electron chi connectivity index (χ4n) is 3.15. The molecule has 6 nitrogen and oxygen atoms in total. The summed E-state index contributed by atoms with van der Waals surface area (Å²) in [5.41, 5.74) is -0.311. The van der Waals surface area contributed by atoms with E-state index in [4.69, 9.17) is 21.9 Å². The zero-order chi connectivity index (χ0) is 23.8. The van der Waals surface area contributed by atoms with E-state index in [1.165, 1.54) is 18.2 Å². The van der Waals surface area contributed by atoms with Crippen LogP contribution in [0, 0.1) is 11.3 Å². The molecule has 33 heavy (non-hydrogen) atoms. The van der Waals surface area contributed by atoms with Crippen LogP contribution >= 0.6 is 12.2 Å². The van der Waals surface area contributed by atoms with Crippen molar-refractivity contribution in [3.05, 3.63) is 83.1 Å². The zero-order valence-corrected chi connectivity index (χ0v) is 17.3. The highest BCUT2D eigenvalue weighted by Crippen LogP contribution is 2.33. The fraction of sp³-hybridized carbons (Fsp3) is 0.0435. The Hall–Kier alpha value is -4.23. The lowest BCUT2D eigenvalue weighted by Crippen LogP contribution is -2.54. The van der Waals surface area contributed by atoms with Crippen LogP contribution in [-0.4, -0.2) is 16.9 Å². The third-order valence-electron chi connectivity index (χ3n) is 4.75. The molecule has 3 aromatic rings. The number of nitriles is 1. The molecule has 0 radical (unpaired) electrons. The molecule has 10 heteroatoms. The summed E-state index contributed by atoms with van der Waals surface area (Å²) in [6, 6.07) is 15.8. The number of amides is 2. The van der Waals surface area contributed by atoms with Crippen molar-refractivity contribution in [3.8, 4) is 17.4 Å². The molecule has 0 unspecified atom stereocenters. The molecule has 0 atom stereocenters. The van der Waals surface area contributed by atoms with E-state index in [0.29, 0.717) is 16.9 Å². The molecular weight excluding hydrogens is 455 g/mol. The van der Waals surface area contributed by atoms with Crippen molar-refractivity contribution >= 4 is 40.9 Å². The first-order valence-corrected chi connectivity index (χ1v) is 9.77. The van der Waals surface area contributed by atoms with Crippen LogP contribution in [0.5, 0.6) is 0 Å². The molecule has 1 aliphatic heterocycles. The summed E-state index contributed by atoms with van der Waals surface area (Å²) in [5, 5.41) is 10.9. The molecule has 1 aliphatic rings. The SMILES string of the molecule is N#Cc1ccc(-c2ccc(/C=C3\C(=O)NC(=S)N(c4cccc(C(F)(F)F)c4)C3=O)o2)cc1. The Morgan fingerprint density at radius 2 is 1.79 bits per heavy atom. The molecule has 0 spiro atoms. The molecule has 0 bridgehead atoms. The quantitative estimate of drug-likeness (QED) is 0.344. The van der Waals surface area contributed by atoms with Crippen molar-refractivity contribution in [2.75, 3.05) is 4.90 Å². The first-order valence-electron chi connectivity index (χ1n) is 9.36. The molecule has 1 aromatic heterocycles. The molecule has 1 fully saturated rings. The highest BCUT2D eigenvalue weighted by atomic mass is 32.1. The van der Waals surface area contributed by atoms with E-state index in [0.717, 1.165) is 23.1 Å². The Kier molecular flexibility index (Phi) is 5.57. The van der Waals surface area contributed by atoms with E-state index >= 15 is 0 Å². The summed E-state index contributed by atoms with van der Waals surface area (Å²) in [7, 11) is 0. The van der Waals surface area contributed by atoms with Gasteiger partial charge in [0, 0.05) is 5.56 Å². The van der Waals surface area contributed by atoms with Crippen LogP contribution in [0.25, 0.3) is 17.4 Å². The topological polar surface area (TPSA) is 86.3 Å². The van der Waals surface area contributed by atoms with Gasteiger partial charge in [-0.05, 0) is 72.9 Å². The average Bonchev–Trinajstić information content (AvgIpc) is 3.25. The van der Waals surface area contributed by atoms with Crippen molar-refractivity contribution in [2.45, 2.75) is 6.18 Å². The van der Waals surface area contributed by atoms with Gasteiger partial charge in [0.15, 0.2) is 5.11 Å². The Labute approximate surface area is 190 Å². The molecule has 4 rings (SSSR count). The van der Waals surface area contributed by atoms with E-state index in [-0.39, 0.29) is 22.1 Å². The smallest absolute Gasteiger partial charge is 0.416 e. The van der Waals surface area contributed by atoms with Crippen LogP contribution in [0.4, 0.5) is 18.9 Å². The van der Waals surface area contributed by atoms with Crippen LogP contribution in [0.15, 0.2) is 70.7 Å². The van der Waals surface area contributed by atoms with Gasteiger partial charge in [-0.1, -0.05) is 6.07 Å². The van der Waals surface area contributed by atoms with Crippen LogP contribution < -0.4 is 10.2 Å². The number of alkyl halides is 3. The van der Waals surface area contributed by atoms with Crippen LogP contribution in [0.2, 0.25) is 0 Å². The van der Waals surface area contributed by atoms with Crippen molar-refractivity contribution in [1.29, 1.82) is 5.26 Å². The minimum Gasteiger partial charge on any atom is -0.457 e. The van der Waals surface area contributed by atoms with Gasteiger partial charge in [0.25, 0.3) is 11.8 Å². The maximum absolute atomic E-state index is 13.1. The zero-order valence-electron chi connectivity index (χ0n) is 16.5. The Balaban J connectivity index is 1.66. The summed E-state index contributed by atoms with van der Waals surface area (Å²) in [5.74, 6) is -1.09. The monoisotopic (exact) mass is 467 g/mol. The minimum atomic E-state index is -4.62. The maximum Gasteiger partial charge on any atom is 0.416 e. The number of hydrogen-bond donors (Lipinski definition) is 1. The predicted molar refractivity (Wildman–Crippen MR) is 117 cm³/mol. The summed E-state index contributed by atoms with van der Waals surface area (Å²) < 4.78 is 45.0. The van der Waals surface area contributed by atoms with Gasteiger partial charge in [0.1, 0.15) is 17.1 Å². The maximum atomic E-state index is 13.1. The van der Waals surface area contributed by atoms with Gasteiger partial charge in [0.2, 0.25) is 0 Å². The first-order chi connectivity index (χ1) is 15.7. The minimum absolute atomic E-state index is 0.136. The normalized spacial score (nSPS) is 15.5. The van der Waals surface area contributed by atoms with Crippen LogP contribution in [0.3, 0.4) is 0 Å². The summed E-state index contributed by atoms with van der Waals surface area (Å²) in [6.45, 7) is 0. The lowest BCUT2D eigenvalue weighted by Gasteiger charge is -2.29. The number of carbonyl (C=O) groups is 2. The lowest BCUT2D eigenvalue weighted by molar-refractivity contribution is -0.137. The van der Waals surface area contributed by atoms with E-state index in [1.54, 1.807) is 30.3 Å². The second-order valence-corrected chi connectivity index (χ2v) is 7.28. The van der Waals surface area contributed by atoms with Crippen molar-refractivity contribution in [1.82, 2.24) is 5.32 Å². The molecule has 0 aliphatic carbocycles. The fourth-order valence-corrected chi connectivity index (χ4v) is 3.43. The van der Waals surface area contributed by atoms with Gasteiger partial charge in [-0.15, -0.1) is 0 Å². The second-order valence-electron chi connectivity index (χ2n) is 6.90. The third kappa shape index (κ3) is 4.40. The number of furan rings is 1. The molecule has 2 aromatic carbocycles. The summed E-state index contributed by atoms with van der Waals surface area (Å²) in [6.07, 6.45) is -3.43. The number of hydrogen-bond acceptors (Lipinski definition) is 5. The highest BCUT2D eigenvalue weighted by Gasteiger charge is 2.36. The first kappa shape index (κ1) is 22.0. The lowest BCUT2D eigenvalue weighted by atomic mass is 10.1. The van der Waals surface area contributed by atoms with Gasteiger partial charge in [-0.3, -0.25) is 19.8 Å². The predicted octanol–water partition coefficient (Wildman–Crippen LogP) is 4.67. The Morgan fingerprint density at radius 3 is 2.45 bits per heavy atom. The van der Waals surface area contributed by atoms with E-state index in [2.05, 4.69) is 5.32 Å². The Bertz CT molecular complexity index is 1350. The number of rotatable bonds is 3. The summed E-state index contributed by atoms with van der Waals surface area (Å²) in [4.78, 5) is 26.2. The molecule has 2 amide bonds. The van der Waals surface area contributed by atoms with E-state index in [9.17, 15) is 22.8 Å². The number of nitrogens with zero attached hydrogens (tertiary/aromatic N) is 2. The van der Waals surface area contributed by atoms with Gasteiger partial charge in [0.05, 0.1) is 22.9 Å². The van der Waals surface area contributed by atoms with Crippen molar-refractivity contribution in [3.63, 3.8) is 0 Å². The average molecular weight is 467 g/mol. The number of anilines is 1. The van der Waals surface area contributed by atoms with Crippen molar-refractivity contribution in [2.24, 2.45) is 0 Å². The number of benzene rings is 2. The van der Waals surface area contributed by atoms with Crippen LogP contribution in [0.1, 0.15) is 16.9 Å². The molecule has 1 N–H and O–H groups in total. The molecule has 0 saturated carbocycles. The summed E-state index contributed by atoms with van der Waals surface area (Å²) >= 11 is 5.02. The highest BCUT2D eigenvalue weighted by molar-refractivity contribution is 7.80. The van der Waals surface area contributed by atoms with Gasteiger partial charge in [-0.25, -0.2) is 0 Å². The largest absolute Gasteiger partial charge is 0.457 e. The number of halogens is 3. The molecule has 2 heterocycles. The van der Waals surface area contributed by atoms with Crippen molar-refractivity contribution < 1.29 is 27.2 Å². The van der Waals surface area contributed by atoms with E-state index in [1.807, 2.05) is 6.07 Å². The molecule has 164 valence electrons. The van der Waals surface area contributed by atoms with Gasteiger partial charge in [-0.2, -0.15) is 18.4 Å². The molecular formula is C23H12F3N3O3S. The third-order valence-corrected chi connectivity index (χ3v) is 5.03. The Morgan fingerprint density at radius 1 is 1.06 bits per heavy atom. The standard InChI is InChI=1S/C23H12F3N3O3S/c24-23(25,26)15-2-1-3-16(10-15)29-21(31)18(20(30)28-22(29)33)11-17-8-9-19(32-17)14-6-4-13(12-27)5-7-14/h1-11H,(H,28,30,33)/b18-11+. The van der Waals surface area contributed by atoms with Gasteiger partial charge >= 0.3 is 6.18 Å². The number of carbonyl (C=O) groups excluding carboxylic acids is 2.